The lowest BCUT2D eigenvalue weighted by Crippen LogP contribution is -2.54. The van der Waals surface area contributed by atoms with Gasteiger partial charge in [-0.15, -0.1) is 0 Å². The van der Waals surface area contributed by atoms with E-state index < -0.39 is 48.4 Å². The molecule has 0 aromatic rings. The molecule has 0 aliphatic carbocycles. The van der Waals surface area contributed by atoms with Crippen LogP contribution in [0.3, 0.4) is 0 Å². The normalized spacial score (nSPS) is 14.8. The monoisotopic (exact) mass is 299 g/mol. The number of amides is 1. The smallest absolute Gasteiger partial charge is 0.471 e. The fourth-order valence-corrected chi connectivity index (χ4v) is 1.64. The largest absolute Gasteiger partial charge is 0.481 e. The highest BCUT2D eigenvalue weighted by atomic mass is 19.4. The van der Waals surface area contributed by atoms with Crippen LogP contribution >= 0.6 is 0 Å². The zero-order valence-electron chi connectivity index (χ0n) is 11.1. The molecule has 0 aliphatic rings. The highest BCUT2D eigenvalue weighted by Gasteiger charge is 2.47. The maximum atomic E-state index is 12.5. The van der Waals surface area contributed by atoms with E-state index in [4.69, 9.17) is 10.2 Å². The number of carbonyl (C=O) groups excluding carboxylic acids is 1. The van der Waals surface area contributed by atoms with Crippen molar-refractivity contribution in [3.05, 3.63) is 0 Å². The molecule has 116 valence electrons. The molecule has 0 aromatic heterocycles. The van der Waals surface area contributed by atoms with Crippen LogP contribution in [0.15, 0.2) is 0 Å². The minimum Gasteiger partial charge on any atom is -0.481 e. The molecule has 0 saturated heterocycles. The number of nitrogens with zero attached hydrogens (tertiary/aromatic N) is 1. The van der Waals surface area contributed by atoms with Gasteiger partial charge in [0.15, 0.2) is 0 Å². The highest BCUT2D eigenvalue weighted by molar-refractivity contribution is 5.87. The van der Waals surface area contributed by atoms with E-state index in [0.29, 0.717) is 0 Å². The van der Waals surface area contributed by atoms with E-state index in [1.54, 1.807) is 0 Å². The van der Waals surface area contributed by atoms with E-state index in [2.05, 4.69) is 0 Å². The molecule has 2 unspecified atom stereocenters. The van der Waals surface area contributed by atoms with Crippen molar-refractivity contribution in [3.8, 4) is 0 Å². The third-order valence-corrected chi connectivity index (χ3v) is 2.62. The van der Waals surface area contributed by atoms with Crippen molar-refractivity contribution >= 4 is 17.8 Å². The molecule has 20 heavy (non-hydrogen) atoms. The Morgan fingerprint density at radius 2 is 1.50 bits per heavy atom. The molecule has 0 aliphatic heterocycles. The standard InChI is InChI=1S/C11H16F3NO5/c1-5(2)7(9(18)19)15(4-6(3)8(16)17)10(20)11(12,13)14/h5-7H,4H2,1-3H3,(H,16,17)(H,18,19). The van der Waals surface area contributed by atoms with Gasteiger partial charge in [-0.2, -0.15) is 13.2 Å². The highest BCUT2D eigenvalue weighted by Crippen LogP contribution is 2.23. The van der Waals surface area contributed by atoms with Crippen LogP contribution in [-0.2, 0) is 14.4 Å². The number of carboxylic acids is 2. The average molecular weight is 299 g/mol. The van der Waals surface area contributed by atoms with Gasteiger partial charge in [-0.25, -0.2) is 4.79 Å². The predicted octanol–water partition coefficient (Wildman–Crippen LogP) is 1.21. The Labute approximate surface area is 113 Å². The van der Waals surface area contributed by atoms with Crippen molar-refractivity contribution in [3.63, 3.8) is 0 Å². The van der Waals surface area contributed by atoms with Gasteiger partial charge in [0, 0.05) is 6.54 Å². The lowest BCUT2D eigenvalue weighted by molar-refractivity contribution is -0.192. The summed E-state index contributed by atoms with van der Waals surface area (Å²) in [5.41, 5.74) is 0. The summed E-state index contributed by atoms with van der Waals surface area (Å²) in [5, 5.41) is 17.7. The van der Waals surface area contributed by atoms with Crippen LogP contribution in [0.4, 0.5) is 13.2 Å². The van der Waals surface area contributed by atoms with Crippen LogP contribution in [0.1, 0.15) is 20.8 Å². The van der Waals surface area contributed by atoms with Crippen molar-refractivity contribution < 1.29 is 37.8 Å². The zero-order chi connectivity index (χ0) is 16.2. The topological polar surface area (TPSA) is 94.9 Å². The van der Waals surface area contributed by atoms with E-state index in [1.807, 2.05) is 0 Å². The third-order valence-electron chi connectivity index (χ3n) is 2.62. The first kappa shape index (κ1) is 18.2. The maximum Gasteiger partial charge on any atom is 0.471 e. The van der Waals surface area contributed by atoms with Gasteiger partial charge >= 0.3 is 24.0 Å². The third kappa shape index (κ3) is 4.71. The van der Waals surface area contributed by atoms with Crippen LogP contribution in [0, 0.1) is 11.8 Å². The summed E-state index contributed by atoms with van der Waals surface area (Å²) in [6.07, 6.45) is -5.26. The van der Waals surface area contributed by atoms with Crippen molar-refractivity contribution in [1.29, 1.82) is 0 Å². The van der Waals surface area contributed by atoms with Gasteiger partial charge in [0.2, 0.25) is 0 Å². The SMILES string of the molecule is CC(CN(C(=O)C(F)(F)F)C(C(=O)O)C(C)C)C(=O)O. The van der Waals surface area contributed by atoms with Gasteiger partial charge in [-0.3, -0.25) is 9.59 Å². The summed E-state index contributed by atoms with van der Waals surface area (Å²) in [6, 6.07) is -1.74. The first-order chi connectivity index (χ1) is 8.89. The van der Waals surface area contributed by atoms with E-state index in [1.165, 1.54) is 13.8 Å². The van der Waals surface area contributed by atoms with Gasteiger partial charge in [-0.1, -0.05) is 20.8 Å². The minimum atomic E-state index is -5.26. The molecule has 0 heterocycles. The molecule has 0 saturated carbocycles. The van der Waals surface area contributed by atoms with Crippen molar-refractivity contribution in [2.24, 2.45) is 11.8 Å². The number of rotatable bonds is 6. The number of hydrogen-bond donors (Lipinski definition) is 2. The molecular weight excluding hydrogens is 283 g/mol. The number of carbonyl (C=O) groups is 3. The maximum absolute atomic E-state index is 12.5. The second kappa shape index (κ2) is 6.58. The number of carboxylic acid groups (broad SMARTS) is 2. The molecule has 0 spiro atoms. The van der Waals surface area contributed by atoms with Crippen LogP contribution < -0.4 is 0 Å². The van der Waals surface area contributed by atoms with E-state index >= 15 is 0 Å². The van der Waals surface area contributed by atoms with Gasteiger partial charge in [-0.05, 0) is 5.92 Å². The lowest BCUT2D eigenvalue weighted by atomic mass is 10.0. The zero-order valence-corrected chi connectivity index (χ0v) is 11.1. The number of hydrogen-bond acceptors (Lipinski definition) is 3. The van der Waals surface area contributed by atoms with Crippen molar-refractivity contribution in [2.45, 2.75) is 33.0 Å². The Hall–Kier alpha value is -1.80. The Morgan fingerprint density at radius 1 is 1.05 bits per heavy atom. The summed E-state index contributed by atoms with van der Waals surface area (Å²) in [7, 11) is 0. The Bertz CT molecular complexity index is 394. The van der Waals surface area contributed by atoms with Crippen molar-refractivity contribution in [2.75, 3.05) is 6.54 Å². The van der Waals surface area contributed by atoms with E-state index in [-0.39, 0.29) is 4.90 Å². The molecule has 0 bridgehead atoms. The molecule has 1 amide bonds. The molecule has 9 heteroatoms. The average Bonchev–Trinajstić information content (AvgIpc) is 2.24. The number of alkyl halides is 3. The van der Waals surface area contributed by atoms with Crippen LogP contribution in [0.5, 0.6) is 0 Å². The Kier molecular flexibility index (Phi) is 5.98. The van der Waals surface area contributed by atoms with Gasteiger partial charge in [0.05, 0.1) is 5.92 Å². The summed E-state index contributed by atoms with van der Waals surface area (Å²) in [4.78, 5) is 33.1. The molecular formula is C11H16F3NO5. The molecule has 2 atom stereocenters. The Morgan fingerprint density at radius 3 is 1.75 bits per heavy atom. The summed E-state index contributed by atoms with van der Waals surface area (Å²) >= 11 is 0. The Balaban J connectivity index is 5.51. The molecule has 0 aromatic carbocycles. The fraction of sp³-hybridized carbons (Fsp3) is 0.727. The second-order valence-electron chi connectivity index (χ2n) is 4.72. The predicted molar refractivity (Wildman–Crippen MR) is 60.8 cm³/mol. The first-order valence-electron chi connectivity index (χ1n) is 5.73. The van der Waals surface area contributed by atoms with Gasteiger partial charge < -0.3 is 15.1 Å². The summed E-state index contributed by atoms with van der Waals surface area (Å²) in [6.45, 7) is 2.93. The van der Waals surface area contributed by atoms with Gasteiger partial charge in [0.25, 0.3) is 0 Å². The van der Waals surface area contributed by atoms with E-state index in [9.17, 15) is 27.6 Å². The molecule has 0 radical (unpaired) electrons. The summed E-state index contributed by atoms with van der Waals surface area (Å²) < 4.78 is 37.5. The summed E-state index contributed by atoms with van der Waals surface area (Å²) in [5.74, 6) is -7.51. The first-order valence-corrected chi connectivity index (χ1v) is 5.73. The van der Waals surface area contributed by atoms with Gasteiger partial charge in [0.1, 0.15) is 6.04 Å². The second-order valence-corrected chi connectivity index (χ2v) is 4.72. The number of aliphatic carboxylic acids is 2. The van der Waals surface area contributed by atoms with Crippen LogP contribution in [-0.4, -0.2) is 51.7 Å². The molecule has 2 N–H and O–H groups in total. The van der Waals surface area contributed by atoms with Crippen LogP contribution in [0.25, 0.3) is 0 Å². The quantitative estimate of drug-likeness (QED) is 0.768. The molecule has 6 nitrogen and oxygen atoms in total. The fourth-order valence-electron chi connectivity index (χ4n) is 1.64. The molecule has 0 rings (SSSR count). The van der Waals surface area contributed by atoms with Crippen molar-refractivity contribution in [1.82, 2.24) is 4.90 Å². The van der Waals surface area contributed by atoms with E-state index in [0.717, 1.165) is 6.92 Å². The lowest BCUT2D eigenvalue weighted by Gasteiger charge is -2.33. The minimum absolute atomic E-state index is 0.0613. The van der Waals surface area contributed by atoms with Crippen LogP contribution in [0.2, 0.25) is 0 Å². The number of halogens is 3. The molecule has 0 fully saturated rings.